The molecule has 1 amide bonds. The van der Waals surface area contributed by atoms with E-state index in [0.29, 0.717) is 16.3 Å². The number of rotatable bonds is 5. The quantitative estimate of drug-likeness (QED) is 0.437. The van der Waals surface area contributed by atoms with Gasteiger partial charge in [0.15, 0.2) is 6.20 Å². The fraction of sp³-hybridized carbons (Fsp3) is 0.0526. The topological polar surface area (TPSA) is 56.0 Å². The first-order chi connectivity index (χ1) is 11.7. The highest BCUT2D eigenvalue weighted by atomic mass is 32.2. The third-order valence-corrected chi connectivity index (χ3v) is 4.51. The van der Waals surface area contributed by atoms with Crippen molar-refractivity contribution in [2.45, 2.75) is 10.8 Å². The van der Waals surface area contributed by atoms with Crippen LogP contribution in [0.1, 0.15) is 15.9 Å². The van der Waals surface area contributed by atoms with Crippen molar-refractivity contribution >= 4 is 23.4 Å². The van der Waals surface area contributed by atoms with Gasteiger partial charge < -0.3 is 10.5 Å². The predicted molar refractivity (Wildman–Crippen MR) is 95.8 cm³/mol. The van der Waals surface area contributed by atoms with Crippen LogP contribution in [-0.4, -0.2) is 5.91 Å². The average Bonchev–Trinajstić information content (AvgIpc) is 2.62. The van der Waals surface area contributed by atoms with E-state index < -0.39 is 0 Å². The molecule has 3 aromatic rings. The Kier molecular flexibility index (Phi) is 5.13. The molecule has 3 rings (SSSR count). The summed E-state index contributed by atoms with van der Waals surface area (Å²) in [4.78, 5) is 12.2. The van der Waals surface area contributed by atoms with Crippen LogP contribution < -0.4 is 10.0 Å². The van der Waals surface area contributed by atoms with Crippen LogP contribution in [0.4, 0.5) is 5.69 Å². The molecule has 0 radical (unpaired) electrons. The number of thioether (sulfide) groups is 1. The first kappa shape index (κ1) is 16.1. The number of amides is 1. The van der Waals surface area contributed by atoms with Crippen molar-refractivity contribution in [2.75, 3.05) is 5.32 Å². The van der Waals surface area contributed by atoms with Crippen molar-refractivity contribution in [2.24, 2.45) is 0 Å². The Bertz CT molecular complexity index is 820. The zero-order valence-electron chi connectivity index (χ0n) is 12.9. The second-order valence-corrected chi connectivity index (χ2v) is 6.17. The van der Waals surface area contributed by atoms with E-state index in [4.69, 9.17) is 0 Å². The Morgan fingerprint density at radius 1 is 0.958 bits per heavy atom. The Morgan fingerprint density at radius 2 is 1.67 bits per heavy atom. The van der Waals surface area contributed by atoms with Gasteiger partial charge in [0.25, 0.3) is 10.9 Å². The van der Waals surface area contributed by atoms with Crippen molar-refractivity contribution in [3.63, 3.8) is 0 Å². The Balaban J connectivity index is 1.61. The maximum absolute atomic E-state index is 12.2. The van der Waals surface area contributed by atoms with Gasteiger partial charge in [-0.3, -0.25) is 4.79 Å². The van der Waals surface area contributed by atoms with Gasteiger partial charge in [0.1, 0.15) is 0 Å². The van der Waals surface area contributed by atoms with Crippen molar-refractivity contribution < 1.29 is 9.52 Å². The molecular weight excluding hydrogens is 320 g/mol. The predicted octanol–water partition coefficient (Wildman–Crippen LogP) is 3.86. The van der Waals surface area contributed by atoms with Gasteiger partial charge in [-0.25, -0.2) is 0 Å². The average molecular weight is 336 g/mol. The summed E-state index contributed by atoms with van der Waals surface area (Å²) in [5.41, 5.74) is 2.43. The van der Waals surface area contributed by atoms with Gasteiger partial charge in [0.2, 0.25) is 0 Å². The first-order valence-corrected chi connectivity index (χ1v) is 8.47. The molecule has 0 bridgehead atoms. The van der Waals surface area contributed by atoms with Crippen molar-refractivity contribution in [3.05, 3.63) is 95.3 Å². The zero-order chi connectivity index (χ0) is 16.8. The van der Waals surface area contributed by atoms with Crippen LogP contribution in [0.3, 0.4) is 0 Å². The van der Waals surface area contributed by atoms with E-state index in [2.05, 4.69) is 5.32 Å². The van der Waals surface area contributed by atoms with E-state index in [1.165, 1.54) is 18.0 Å². The highest BCUT2D eigenvalue weighted by molar-refractivity contribution is 7.98. The second-order valence-electron chi connectivity index (χ2n) is 5.17. The van der Waals surface area contributed by atoms with Crippen LogP contribution in [0, 0.1) is 5.21 Å². The van der Waals surface area contributed by atoms with Crippen molar-refractivity contribution in [1.82, 2.24) is 0 Å². The molecule has 0 atom stereocenters. The van der Waals surface area contributed by atoms with Gasteiger partial charge >= 0.3 is 0 Å². The number of anilines is 1. The molecule has 24 heavy (non-hydrogen) atoms. The monoisotopic (exact) mass is 336 g/mol. The number of hydrogen-bond acceptors (Lipinski definition) is 3. The van der Waals surface area contributed by atoms with E-state index in [-0.39, 0.29) is 5.91 Å². The van der Waals surface area contributed by atoms with Crippen LogP contribution in [0.25, 0.3) is 0 Å². The number of nitrogens with one attached hydrogen (secondary N) is 1. The molecule has 0 spiro atoms. The summed E-state index contributed by atoms with van der Waals surface area (Å²) in [6.07, 6.45) is 1.49. The Labute approximate surface area is 144 Å². The van der Waals surface area contributed by atoms with Gasteiger partial charge in [-0.1, -0.05) is 42.1 Å². The highest BCUT2D eigenvalue weighted by Gasteiger charge is 2.08. The minimum atomic E-state index is -0.138. The number of carbonyl (C=O) groups excluding carboxylic acids is 1. The Hall–Kier alpha value is -2.79. The SMILES string of the molecule is O=C(Nc1ccccc1)c1ccc(CSc2cccc[n+]2[O-])cc1. The maximum atomic E-state index is 12.2. The summed E-state index contributed by atoms with van der Waals surface area (Å²) in [6.45, 7) is 0. The van der Waals surface area contributed by atoms with E-state index in [1.54, 1.807) is 24.3 Å². The number of nitrogens with zero attached hydrogens (tertiary/aromatic N) is 1. The third kappa shape index (κ3) is 4.14. The van der Waals surface area contributed by atoms with E-state index in [0.717, 1.165) is 16.0 Å². The van der Waals surface area contributed by atoms with Gasteiger partial charge in [0, 0.05) is 29.1 Å². The van der Waals surface area contributed by atoms with Gasteiger partial charge in [-0.2, -0.15) is 4.73 Å². The molecule has 5 heteroatoms. The molecule has 0 saturated carbocycles. The molecular formula is C19H16N2O2S. The van der Waals surface area contributed by atoms with Crippen molar-refractivity contribution in [1.29, 1.82) is 0 Å². The molecule has 0 fully saturated rings. The van der Waals surface area contributed by atoms with E-state index >= 15 is 0 Å². The summed E-state index contributed by atoms with van der Waals surface area (Å²) in [5, 5.41) is 15.1. The van der Waals surface area contributed by atoms with Gasteiger partial charge in [0.05, 0.1) is 0 Å². The molecule has 0 saturated heterocycles. The van der Waals surface area contributed by atoms with Crippen LogP contribution in [0.15, 0.2) is 84.0 Å². The first-order valence-electron chi connectivity index (χ1n) is 7.49. The van der Waals surface area contributed by atoms with Gasteiger partial charge in [-0.15, -0.1) is 0 Å². The van der Waals surface area contributed by atoms with Crippen LogP contribution in [-0.2, 0) is 5.75 Å². The molecule has 0 unspecified atom stereocenters. The molecule has 2 aromatic carbocycles. The molecule has 1 aromatic heterocycles. The number of hydrogen-bond donors (Lipinski definition) is 1. The molecule has 0 aliphatic rings. The van der Waals surface area contributed by atoms with Gasteiger partial charge in [-0.05, 0) is 35.9 Å². The number of benzene rings is 2. The molecule has 0 aliphatic carbocycles. The summed E-state index contributed by atoms with van der Waals surface area (Å²) in [7, 11) is 0. The smallest absolute Gasteiger partial charge is 0.255 e. The fourth-order valence-electron chi connectivity index (χ4n) is 2.16. The highest BCUT2D eigenvalue weighted by Crippen LogP contribution is 2.20. The molecule has 120 valence electrons. The number of carbonyl (C=O) groups is 1. The number of para-hydroxylation sites is 1. The lowest BCUT2D eigenvalue weighted by Crippen LogP contribution is -2.27. The standard InChI is InChI=1S/C19H16N2O2S/c22-19(20-17-6-2-1-3-7-17)16-11-9-15(10-12-16)14-24-18-8-4-5-13-21(18)23/h1-13H,14H2,(H,20,22). The summed E-state index contributed by atoms with van der Waals surface area (Å²) < 4.78 is 0.854. The lowest BCUT2D eigenvalue weighted by atomic mass is 10.1. The summed E-state index contributed by atoms with van der Waals surface area (Å²) in [6, 6.07) is 22.1. The lowest BCUT2D eigenvalue weighted by molar-refractivity contribution is -0.645. The lowest BCUT2D eigenvalue weighted by Gasteiger charge is -2.06. The fourth-order valence-corrected chi connectivity index (χ4v) is 3.03. The number of pyridine rings is 1. The largest absolute Gasteiger partial charge is 0.618 e. The molecule has 1 heterocycles. The second kappa shape index (κ2) is 7.66. The number of aromatic nitrogens is 1. The van der Waals surface area contributed by atoms with Crippen LogP contribution >= 0.6 is 11.8 Å². The minimum absolute atomic E-state index is 0.138. The summed E-state index contributed by atoms with van der Waals surface area (Å²) in [5.74, 6) is 0.535. The Morgan fingerprint density at radius 3 is 2.38 bits per heavy atom. The van der Waals surface area contributed by atoms with E-state index in [9.17, 15) is 10.0 Å². The van der Waals surface area contributed by atoms with Crippen molar-refractivity contribution in [3.8, 4) is 0 Å². The molecule has 0 aliphatic heterocycles. The molecule has 4 nitrogen and oxygen atoms in total. The van der Waals surface area contributed by atoms with E-state index in [1.807, 2.05) is 48.5 Å². The maximum Gasteiger partial charge on any atom is 0.255 e. The minimum Gasteiger partial charge on any atom is -0.618 e. The van der Waals surface area contributed by atoms with Crippen LogP contribution in [0.5, 0.6) is 0 Å². The summed E-state index contributed by atoms with van der Waals surface area (Å²) >= 11 is 1.47. The third-order valence-electron chi connectivity index (χ3n) is 3.42. The normalized spacial score (nSPS) is 10.3. The molecule has 1 N–H and O–H groups in total. The van der Waals surface area contributed by atoms with Crippen LogP contribution in [0.2, 0.25) is 0 Å². The zero-order valence-corrected chi connectivity index (χ0v) is 13.7.